The van der Waals surface area contributed by atoms with Crippen LogP contribution in [-0.2, 0) is 20.8 Å². The summed E-state index contributed by atoms with van der Waals surface area (Å²) in [5, 5.41) is 6.19. The number of ether oxygens (including phenoxy) is 1. The van der Waals surface area contributed by atoms with E-state index in [1.54, 1.807) is 4.90 Å². The van der Waals surface area contributed by atoms with Crippen LogP contribution >= 0.6 is 11.8 Å². The van der Waals surface area contributed by atoms with Crippen LogP contribution in [0.4, 0.5) is 13.6 Å². The average molecular weight is 714 g/mol. The van der Waals surface area contributed by atoms with Gasteiger partial charge in [-0.1, -0.05) is 117 Å². The summed E-state index contributed by atoms with van der Waals surface area (Å²) in [6, 6.07) is 34.1. The molecule has 0 saturated carbocycles. The van der Waals surface area contributed by atoms with E-state index in [4.69, 9.17) is 4.74 Å². The number of benzene rings is 4. The minimum Gasteiger partial charge on any atom is -0.444 e. The van der Waals surface area contributed by atoms with Crippen LogP contribution in [0.1, 0.15) is 69.7 Å². The van der Waals surface area contributed by atoms with E-state index in [1.807, 2.05) is 64.6 Å². The molecule has 4 aromatic rings. The van der Waals surface area contributed by atoms with E-state index >= 15 is 0 Å². The van der Waals surface area contributed by atoms with Crippen LogP contribution in [0.15, 0.2) is 109 Å². The van der Waals surface area contributed by atoms with E-state index < -0.39 is 34.1 Å². The lowest BCUT2D eigenvalue weighted by Gasteiger charge is -2.37. The molecule has 51 heavy (non-hydrogen) atoms. The Labute approximate surface area is 305 Å². The molecule has 4 aromatic carbocycles. The highest BCUT2D eigenvalue weighted by atomic mass is 32.2. The zero-order chi connectivity index (χ0) is 36.6. The maximum Gasteiger partial charge on any atom is 0.410 e. The topological polar surface area (TPSA) is 70.7 Å². The second kappa shape index (κ2) is 16.9. The number of rotatable bonds is 13. The highest BCUT2D eigenvalue weighted by Crippen LogP contribution is 2.52. The van der Waals surface area contributed by atoms with Gasteiger partial charge in [-0.05, 0) is 61.9 Å². The Bertz CT molecular complexity index is 1620. The minimum absolute atomic E-state index is 0.00448. The first-order valence-corrected chi connectivity index (χ1v) is 18.6. The van der Waals surface area contributed by atoms with Gasteiger partial charge in [0, 0.05) is 36.5 Å². The van der Waals surface area contributed by atoms with E-state index in [0.717, 1.165) is 16.7 Å². The number of carbonyl (C=O) groups is 2. The Balaban J connectivity index is 1.44. The number of likely N-dealkylation sites (tertiary alicyclic amines) is 1. The lowest BCUT2D eigenvalue weighted by molar-refractivity contribution is -0.124. The molecule has 5 rings (SSSR count). The van der Waals surface area contributed by atoms with Gasteiger partial charge in [-0.3, -0.25) is 4.79 Å². The first kappa shape index (κ1) is 38.0. The van der Waals surface area contributed by atoms with Crippen molar-refractivity contribution < 1.29 is 23.1 Å². The zero-order valence-corrected chi connectivity index (χ0v) is 30.9. The molecule has 2 N–H and O–H groups in total. The van der Waals surface area contributed by atoms with Crippen molar-refractivity contribution in [3.8, 4) is 0 Å². The fourth-order valence-corrected chi connectivity index (χ4v) is 8.58. The molecule has 0 unspecified atom stereocenters. The van der Waals surface area contributed by atoms with Crippen LogP contribution in [0.3, 0.4) is 0 Å². The first-order chi connectivity index (χ1) is 24.4. The van der Waals surface area contributed by atoms with Crippen molar-refractivity contribution in [1.82, 2.24) is 15.5 Å². The van der Waals surface area contributed by atoms with Crippen LogP contribution in [0.25, 0.3) is 0 Å². The maximum atomic E-state index is 14.3. The highest BCUT2D eigenvalue weighted by molar-refractivity contribution is 8.01. The molecular formula is C42H49F2N3O3S. The number of halogens is 2. The molecule has 1 aliphatic heterocycles. The van der Waals surface area contributed by atoms with Gasteiger partial charge in [-0.25, -0.2) is 13.6 Å². The van der Waals surface area contributed by atoms with Gasteiger partial charge >= 0.3 is 6.09 Å². The quantitative estimate of drug-likeness (QED) is 0.136. The van der Waals surface area contributed by atoms with Crippen molar-refractivity contribution >= 4 is 23.8 Å². The van der Waals surface area contributed by atoms with Crippen LogP contribution in [0.5, 0.6) is 0 Å². The van der Waals surface area contributed by atoms with Crippen LogP contribution < -0.4 is 10.6 Å². The van der Waals surface area contributed by atoms with Gasteiger partial charge in [0.2, 0.25) is 5.91 Å². The molecule has 2 amide bonds. The van der Waals surface area contributed by atoms with Crippen molar-refractivity contribution in [2.24, 2.45) is 5.92 Å². The van der Waals surface area contributed by atoms with E-state index in [2.05, 4.69) is 83.4 Å². The Kier molecular flexibility index (Phi) is 12.6. The molecule has 1 fully saturated rings. The molecule has 0 radical (unpaired) electrons. The minimum atomic E-state index is -0.705. The lowest BCUT2D eigenvalue weighted by atomic mass is 9.84. The largest absolute Gasteiger partial charge is 0.444 e. The van der Waals surface area contributed by atoms with Gasteiger partial charge in [0.05, 0.1) is 10.8 Å². The van der Waals surface area contributed by atoms with E-state index in [1.165, 1.54) is 18.2 Å². The van der Waals surface area contributed by atoms with Gasteiger partial charge < -0.3 is 20.3 Å². The second-order valence-corrected chi connectivity index (χ2v) is 15.7. The molecule has 1 aliphatic rings. The number of nitrogens with zero attached hydrogens (tertiary/aromatic N) is 1. The summed E-state index contributed by atoms with van der Waals surface area (Å²) in [5.74, 6) is -1.85. The second-order valence-electron chi connectivity index (χ2n) is 14.2. The predicted octanol–water partition coefficient (Wildman–Crippen LogP) is 8.69. The predicted molar refractivity (Wildman–Crippen MR) is 201 cm³/mol. The summed E-state index contributed by atoms with van der Waals surface area (Å²) in [6.45, 7) is 10.0. The number of nitrogens with one attached hydrogen (secondary N) is 2. The van der Waals surface area contributed by atoms with Crippen molar-refractivity contribution in [2.75, 3.05) is 13.1 Å². The third-order valence-corrected chi connectivity index (χ3v) is 11.2. The van der Waals surface area contributed by atoms with Gasteiger partial charge in [0.1, 0.15) is 17.2 Å². The molecule has 0 aliphatic carbocycles. The maximum absolute atomic E-state index is 14.3. The Morgan fingerprint density at radius 2 is 1.35 bits per heavy atom. The molecule has 6 nitrogen and oxygen atoms in total. The molecule has 0 aromatic heterocycles. The molecule has 9 heteroatoms. The van der Waals surface area contributed by atoms with Crippen LogP contribution in [-0.4, -0.2) is 52.9 Å². The molecule has 4 atom stereocenters. The third-order valence-electron chi connectivity index (χ3n) is 9.46. The Morgan fingerprint density at radius 3 is 1.82 bits per heavy atom. The SMILES string of the molecule is CC[C@H](C)[C@H](NC[C@H]1C[C@@H](SC(c2ccccc2)(c2ccccc2)c2ccccc2)CN1C(=O)OC(C)(C)C)C(=O)NCc1c(F)cccc1F. The summed E-state index contributed by atoms with van der Waals surface area (Å²) < 4.78 is 34.0. The molecule has 0 bridgehead atoms. The van der Waals surface area contributed by atoms with Crippen molar-refractivity contribution in [1.29, 1.82) is 0 Å². The first-order valence-electron chi connectivity index (χ1n) is 17.7. The standard InChI is InChI=1S/C42H49F2N3O3S/c1-6-29(2)38(39(48)46-27-35-36(43)23-16-24-37(35)44)45-26-33-25-34(28-47(33)40(49)50-41(3,4)5)51-42(30-17-10-7-11-18-30,31-19-12-8-13-20-31)32-21-14-9-15-22-32/h7-24,29,33-34,38,45H,6,25-28H2,1-5H3,(H,46,48)/t29-,33+,34+,38-/m0/s1. The molecule has 1 saturated heterocycles. The van der Waals surface area contributed by atoms with E-state index in [-0.39, 0.29) is 35.2 Å². The number of hydrogen-bond donors (Lipinski definition) is 2. The fourth-order valence-electron chi connectivity index (χ4n) is 6.71. The van der Waals surface area contributed by atoms with Gasteiger partial charge in [-0.2, -0.15) is 0 Å². The zero-order valence-electron chi connectivity index (χ0n) is 30.1. The van der Waals surface area contributed by atoms with Gasteiger partial charge in [0.25, 0.3) is 0 Å². The molecule has 270 valence electrons. The van der Waals surface area contributed by atoms with Gasteiger partial charge in [0.15, 0.2) is 0 Å². The van der Waals surface area contributed by atoms with Crippen LogP contribution in [0, 0.1) is 17.6 Å². The lowest BCUT2D eigenvalue weighted by Crippen LogP contribution is -2.52. The smallest absolute Gasteiger partial charge is 0.410 e. The number of carbonyl (C=O) groups excluding carboxylic acids is 2. The highest BCUT2D eigenvalue weighted by Gasteiger charge is 2.45. The van der Waals surface area contributed by atoms with Crippen molar-refractivity contribution in [3.63, 3.8) is 0 Å². The average Bonchev–Trinajstić information content (AvgIpc) is 3.53. The fraction of sp³-hybridized carbons (Fsp3) is 0.381. The monoisotopic (exact) mass is 713 g/mol. The van der Waals surface area contributed by atoms with Crippen molar-refractivity contribution in [2.45, 2.75) is 81.7 Å². The molecule has 0 spiro atoms. The van der Waals surface area contributed by atoms with E-state index in [0.29, 0.717) is 25.9 Å². The van der Waals surface area contributed by atoms with Crippen molar-refractivity contribution in [3.05, 3.63) is 143 Å². The Morgan fingerprint density at radius 1 is 0.843 bits per heavy atom. The summed E-state index contributed by atoms with van der Waals surface area (Å²) in [6.07, 6.45) is 0.952. The summed E-state index contributed by atoms with van der Waals surface area (Å²) >= 11 is 1.83. The number of hydrogen-bond acceptors (Lipinski definition) is 5. The Hall–Kier alpha value is -4.21. The molecule has 1 heterocycles. The number of amides is 2. The normalized spacial score (nSPS) is 17.5. The van der Waals surface area contributed by atoms with E-state index in [9.17, 15) is 18.4 Å². The molecular weight excluding hydrogens is 665 g/mol. The third kappa shape index (κ3) is 9.18. The summed E-state index contributed by atoms with van der Waals surface area (Å²) in [4.78, 5) is 29.1. The summed E-state index contributed by atoms with van der Waals surface area (Å²) in [5.41, 5.74) is 2.54. The van der Waals surface area contributed by atoms with Crippen LogP contribution in [0.2, 0.25) is 0 Å². The summed E-state index contributed by atoms with van der Waals surface area (Å²) in [7, 11) is 0. The number of thioether (sulfide) groups is 1. The van der Waals surface area contributed by atoms with Gasteiger partial charge in [-0.15, -0.1) is 11.8 Å².